The van der Waals surface area contributed by atoms with Gasteiger partial charge in [0.25, 0.3) is 0 Å². The van der Waals surface area contributed by atoms with E-state index in [2.05, 4.69) is 18.7 Å². The molecule has 2 heteroatoms. The number of amides is 1. The molecule has 1 saturated carbocycles. The van der Waals surface area contributed by atoms with Crippen LogP contribution in [-0.2, 0) is 4.79 Å². The molecule has 2 fully saturated rings. The van der Waals surface area contributed by atoms with Crippen LogP contribution in [0.15, 0.2) is 0 Å². The molecule has 18 heavy (non-hydrogen) atoms. The first-order chi connectivity index (χ1) is 8.66. The van der Waals surface area contributed by atoms with E-state index in [-0.39, 0.29) is 0 Å². The highest BCUT2D eigenvalue weighted by Gasteiger charge is 2.27. The van der Waals surface area contributed by atoms with E-state index in [0.717, 1.165) is 13.0 Å². The fourth-order valence-electron chi connectivity index (χ4n) is 3.63. The van der Waals surface area contributed by atoms with Gasteiger partial charge in [0, 0.05) is 19.0 Å². The van der Waals surface area contributed by atoms with E-state index >= 15 is 0 Å². The van der Waals surface area contributed by atoms with Crippen LogP contribution >= 0.6 is 0 Å². The van der Waals surface area contributed by atoms with Gasteiger partial charge in [-0.1, -0.05) is 32.6 Å². The van der Waals surface area contributed by atoms with Gasteiger partial charge >= 0.3 is 0 Å². The highest BCUT2D eigenvalue weighted by molar-refractivity contribution is 5.76. The van der Waals surface area contributed by atoms with Crippen molar-refractivity contribution in [3.63, 3.8) is 0 Å². The summed E-state index contributed by atoms with van der Waals surface area (Å²) in [6.07, 6.45) is 11.2. The molecule has 0 spiro atoms. The average molecular weight is 251 g/mol. The minimum absolute atomic E-state index is 0.433. The summed E-state index contributed by atoms with van der Waals surface area (Å²) in [5.41, 5.74) is 0. The van der Waals surface area contributed by atoms with Crippen LogP contribution in [0.25, 0.3) is 0 Å². The standard InChI is InChI=1S/C16H29NO/c1-13-7-6-8-14(2)17(12-13)16(18)11-15-9-4-3-5-10-15/h13-15H,3-12H2,1-2H3/t13-,14-/m0/s1. The molecule has 2 atom stereocenters. The number of rotatable bonds is 2. The van der Waals surface area contributed by atoms with E-state index in [1.54, 1.807) is 0 Å². The smallest absolute Gasteiger partial charge is 0.223 e. The van der Waals surface area contributed by atoms with Crippen molar-refractivity contribution in [1.29, 1.82) is 0 Å². The van der Waals surface area contributed by atoms with Gasteiger partial charge in [0.2, 0.25) is 5.91 Å². The molecule has 2 aliphatic rings. The Morgan fingerprint density at radius 2 is 1.72 bits per heavy atom. The molecule has 2 rings (SSSR count). The van der Waals surface area contributed by atoms with E-state index in [4.69, 9.17) is 0 Å². The summed E-state index contributed by atoms with van der Waals surface area (Å²) in [5, 5.41) is 0. The van der Waals surface area contributed by atoms with Crippen LogP contribution in [0.2, 0.25) is 0 Å². The van der Waals surface area contributed by atoms with Crippen LogP contribution in [0.1, 0.15) is 71.6 Å². The van der Waals surface area contributed by atoms with Gasteiger partial charge in [0.05, 0.1) is 0 Å². The topological polar surface area (TPSA) is 20.3 Å². The number of likely N-dealkylation sites (tertiary alicyclic amines) is 1. The Kier molecular flexibility index (Phi) is 5.08. The first-order valence-corrected chi connectivity index (χ1v) is 7.96. The lowest BCUT2D eigenvalue weighted by molar-refractivity contribution is -0.134. The Morgan fingerprint density at radius 1 is 1.00 bits per heavy atom. The first kappa shape index (κ1) is 13.9. The highest BCUT2D eigenvalue weighted by Crippen LogP contribution is 2.28. The third-order valence-electron chi connectivity index (χ3n) is 4.87. The Labute approximate surface area is 112 Å². The molecular formula is C16H29NO. The average Bonchev–Trinajstić information content (AvgIpc) is 2.52. The molecule has 1 heterocycles. The lowest BCUT2D eigenvalue weighted by atomic mass is 9.86. The van der Waals surface area contributed by atoms with E-state index in [0.29, 0.717) is 23.8 Å². The molecule has 0 radical (unpaired) electrons. The van der Waals surface area contributed by atoms with E-state index in [1.807, 2.05) is 0 Å². The van der Waals surface area contributed by atoms with Crippen molar-refractivity contribution in [2.45, 2.75) is 77.7 Å². The fourth-order valence-corrected chi connectivity index (χ4v) is 3.63. The van der Waals surface area contributed by atoms with Crippen LogP contribution in [0.3, 0.4) is 0 Å². The monoisotopic (exact) mass is 251 g/mol. The van der Waals surface area contributed by atoms with Gasteiger partial charge in [-0.2, -0.15) is 0 Å². The van der Waals surface area contributed by atoms with Crippen molar-refractivity contribution in [1.82, 2.24) is 4.90 Å². The second kappa shape index (κ2) is 6.58. The maximum Gasteiger partial charge on any atom is 0.223 e. The maximum atomic E-state index is 12.5. The van der Waals surface area contributed by atoms with Gasteiger partial charge in [-0.3, -0.25) is 4.79 Å². The van der Waals surface area contributed by atoms with Crippen molar-refractivity contribution < 1.29 is 4.79 Å². The van der Waals surface area contributed by atoms with Gasteiger partial charge in [0.15, 0.2) is 0 Å². The van der Waals surface area contributed by atoms with Crippen molar-refractivity contribution in [3.8, 4) is 0 Å². The quantitative estimate of drug-likeness (QED) is 0.726. The molecule has 0 bridgehead atoms. The second-order valence-corrected chi connectivity index (χ2v) is 6.64. The summed E-state index contributed by atoms with van der Waals surface area (Å²) in [4.78, 5) is 14.7. The molecule has 0 N–H and O–H groups in total. The van der Waals surface area contributed by atoms with Crippen LogP contribution in [0.4, 0.5) is 0 Å². The van der Waals surface area contributed by atoms with E-state index < -0.39 is 0 Å². The molecule has 0 aromatic carbocycles. The zero-order valence-electron chi connectivity index (χ0n) is 12.2. The van der Waals surface area contributed by atoms with Gasteiger partial charge in [-0.15, -0.1) is 0 Å². The van der Waals surface area contributed by atoms with Crippen molar-refractivity contribution in [2.75, 3.05) is 6.54 Å². The predicted molar refractivity (Wildman–Crippen MR) is 75.4 cm³/mol. The summed E-state index contributed by atoms with van der Waals surface area (Å²) in [7, 11) is 0. The Balaban J connectivity index is 1.88. The van der Waals surface area contributed by atoms with Gasteiger partial charge < -0.3 is 4.90 Å². The summed E-state index contributed by atoms with van der Waals surface area (Å²) in [6.45, 7) is 5.52. The molecule has 104 valence electrons. The molecule has 0 aromatic rings. The predicted octanol–water partition coefficient (Wildman–Crippen LogP) is 3.99. The molecular weight excluding hydrogens is 222 g/mol. The molecule has 1 saturated heterocycles. The zero-order chi connectivity index (χ0) is 13.0. The SMILES string of the molecule is C[C@H]1CCC[C@H](C)N(C(=O)CC2CCCCC2)C1. The lowest BCUT2D eigenvalue weighted by Gasteiger charge is -2.31. The van der Waals surface area contributed by atoms with Crippen LogP contribution in [-0.4, -0.2) is 23.4 Å². The normalized spacial score (nSPS) is 31.1. The molecule has 1 aliphatic carbocycles. The van der Waals surface area contributed by atoms with Crippen LogP contribution in [0.5, 0.6) is 0 Å². The molecule has 1 amide bonds. The molecule has 2 nitrogen and oxygen atoms in total. The highest BCUT2D eigenvalue weighted by atomic mass is 16.2. The van der Waals surface area contributed by atoms with Crippen molar-refractivity contribution >= 4 is 5.91 Å². The summed E-state index contributed by atoms with van der Waals surface area (Å²) >= 11 is 0. The molecule has 0 aromatic heterocycles. The van der Waals surface area contributed by atoms with Gasteiger partial charge in [-0.25, -0.2) is 0 Å². The third kappa shape index (κ3) is 3.73. The largest absolute Gasteiger partial charge is 0.340 e. The summed E-state index contributed by atoms with van der Waals surface area (Å²) in [5.74, 6) is 1.80. The van der Waals surface area contributed by atoms with Gasteiger partial charge in [-0.05, 0) is 44.4 Å². The van der Waals surface area contributed by atoms with Gasteiger partial charge in [0.1, 0.15) is 0 Å². The fraction of sp³-hybridized carbons (Fsp3) is 0.938. The van der Waals surface area contributed by atoms with Crippen LogP contribution in [0, 0.1) is 11.8 Å². The maximum absolute atomic E-state index is 12.5. The number of carbonyl (C=O) groups is 1. The summed E-state index contributed by atoms with van der Waals surface area (Å²) in [6, 6.07) is 0.464. The molecule has 1 aliphatic heterocycles. The number of carbonyl (C=O) groups excluding carboxylic acids is 1. The number of nitrogens with zero attached hydrogens (tertiary/aromatic N) is 1. The minimum Gasteiger partial charge on any atom is -0.340 e. The molecule has 0 unspecified atom stereocenters. The Morgan fingerprint density at radius 3 is 2.44 bits per heavy atom. The third-order valence-corrected chi connectivity index (χ3v) is 4.87. The van der Waals surface area contributed by atoms with Crippen LogP contribution < -0.4 is 0 Å². The Hall–Kier alpha value is -0.530. The summed E-state index contributed by atoms with van der Waals surface area (Å²) < 4.78 is 0. The number of hydrogen-bond donors (Lipinski definition) is 0. The van der Waals surface area contributed by atoms with E-state index in [1.165, 1.54) is 51.4 Å². The second-order valence-electron chi connectivity index (χ2n) is 6.64. The van der Waals surface area contributed by atoms with E-state index in [9.17, 15) is 4.79 Å². The number of hydrogen-bond acceptors (Lipinski definition) is 1. The zero-order valence-corrected chi connectivity index (χ0v) is 12.2. The minimum atomic E-state index is 0.433. The Bertz CT molecular complexity index is 270. The van der Waals surface area contributed by atoms with Crippen molar-refractivity contribution in [2.24, 2.45) is 11.8 Å². The first-order valence-electron chi connectivity index (χ1n) is 7.96. The van der Waals surface area contributed by atoms with Crippen molar-refractivity contribution in [3.05, 3.63) is 0 Å². The lowest BCUT2D eigenvalue weighted by Crippen LogP contribution is -2.40.